The van der Waals surface area contributed by atoms with Gasteiger partial charge in [0.05, 0.1) is 46.9 Å². The third-order valence-electron chi connectivity index (χ3n) is 7.55. The second kappa shape index (κ2) is 10.1. The molecule has 208 valence electrons. The van der Waals surface area contributed by atoms with Crippen LogP contribution in [0.1, 0.15) is 61.4 Å². The first-order valence-corrected chi connectivity index (χ1v) is 13.9. The van der Waals surface area contributed by atoms with Gasteiger partial charge in [-0.1, -0.05) is 5.21 Å². The Morgan fingerprint density at radius 3 is 2.52 bits per heavy atom. The van der Waals surface area contributed by atoms with E-state index in [1.807, 2.05) is 42.3 Å². The van der Waals surface area contributed by atoms with Gasteiger partial charge in [0.1, 0.15) is 5.69 Å². The van der Waals surface area contributed by atoms with Gasteiger partial charge < -0.3 is 15.1 Å². The summed E-state index contributed by atoms with van der Waals surface area (Å²) in [4.78, 5) is 26.8. The SMILES string of the molecule is Cc1ncc(NC(=O)c2cc(C3CC3)n(C(C)(C)C)n2)cc1-n1cc(-c2cncc(N3CCN(C)CC3)c2)nn1. The van der Waals surface area contributed by atoms with Crippen LogP contribution >= 0.6 is 0 Å². The van der Waals surface area contributed by atoms with Crippen molar-refractivity contribution in [2.45, 2.75) is 52.0 Å². The van der Waals surface area contributed by atoms with Gasteiger partial charge >= 0.3 is 0 Å². The maximum absolute atomic E-state index is 13.2. The van der Waals surface area contributed by atoms with Crippen LogP contribution in [0.4, 0.5) is 11.4 Å². The van der Waals surface area contributed by atoms with Crippen molar-refractivity contribution in [2.24, 2.45) is 0 Å². The Kier molecular flexibility index (Phi) is 6.61. The number of aromatic nitrogens is 7. The minimum absolute atomic E-state index is 0.195. The fraction of sp³-hybridized carbons (Fsp3) is 0.448. The average Bonchev–Trinajstić information content (AvgIpc) is 3.47. The van der Waals surface area contributed by atoms with E-state index in [1.165, 1.54) is 0 Å². The molecule has 6 rings (SSSR count). The minimum atomic E-state index is -0.257. The van der Waals surface area contributed by atoms with Crippen molar-refractivity contribution in [1.82, 2.24) is 39.6 Å². The number of nitrogens with one attached hydrogen (secondary N) is 1. The third kappa shape index (κ3) is 5.33. The molecule has 11 nitrogen and oxygen atoms in total. The molecule has 1 amide bonds. The van der Waals surface area contributed by atoms with Gasteiger partial charge in [-0.25, -0.2) is 4.68 Å². The first kappa shape index (κ1) is 26.1. The number of piperazine rings is 1. The molecule has 0 spiro atoms. The maximum Gasteiger partial charge on any atom is 0.276 e. The average molecular weight is 541 g/mol. The topological polar surface area (TPSA) is 110 Å². The molecule has 1 saturated heterocycles. The summed E-state index contributed by atoms with van der Waals surface area (Å²) >= 11 is 0. The van der Waals surface area contributed by atoms with Gasteiger partial charge in [0.25, 0.3) is 5.91 Å². The Bertz CT molecular complexity index is 1540. The summed E-state index contributed by atoms with van der Waals surface area (Å²) in [5.74, 6) is 0.229. The van der Waals surface area contributed by atoms with E-state index in [-0.39, 0.29) is 11.4 Å². The first-order valence-electron chi connectivity index (χ1n) is 13.9. The summed E-state index contributed by atoms with van der Waals surface area (Å²) in [6.45, 7) is 12.2. The second-order valence-corrected chi connectivity index (χ2v) is 11.9. The number of hydrogen-bond donors (Lipinski definition) is 1. The van der Waals surface area contributed by atoms with Gasteiger partial charge in [-0.15, -0.1) is 5.10 Å². The summed E-state index contributed by atoms with van der Waals surface area (Å²) in [6, 6.07) is 5.90. The number of likely N-dealkylation sites (N-methyl/N-ethyl adjacent to an activating group) is 1. The monoisotopic (exact) mass is 540 g/mol. The van der Waals surface area contributed by atoms with E-state index in [9.17, 15) is 4.79 Å². The fourth-order valence-electron chi connectivity index (χ4n) is 5.05. The lowest BCUT2D eigenvalue weighted by Crippen LogP contribution is -2.44. The highest BCUT2D eigenvalue weighted by atomic mass is 16.2. The summed E-state index contributed by atoms with van der Waals surface area (Å²) in [5.41, 5.74) is 6.12. The number of anilines is 2. The zero-order valence-corrected chi connectivity index (χ0v) is 23.8. The van der Waals surface area contributed by atoms with Crippen molar-refractivity contribution in [3.05, 3.63) is 60.1 Å². The molecule has 2 aliphatic rings. The molecule has 1 aliphatic carbocycles. The number of rotatable bonds is 6. The van der Waals surface area contributed by atoms with Gasteiger partial charge in [-0.05, 0) is 65.8 Å². The van der Waals surface area contributed by atoms with Crippen molar-refractivity contribution in [3.63, 3.8) is 0 Å². The van der Waals surface area contributed by atoms with Gasteiger partial charge in [-0.3, -0.25) is 19.4 Å². The summed E-state index contributed by atoms with van der Waals surface area (Å²) in [5, 5.41) is 16.4. The van der Waals surface area contributed by atoms with Crippen LogP contribution in [-0.4, -0.2) is 78.8 Å². The number of aryl methyl sites for hydroxylation is 1. The van der Waals surface area contributed by atoms with Crippen molar-refractivity contribution in [3.8, 4) is 16.9 Å². The largest absolute Gasteiger partial charge is 0.368 e. The minimum Gasteiger partial charge on any atom is -0.368 e. The molecule has 40 heavy (non-hydrogen) atoms. The van der Waals surface area contributed by atoms with Crippen LogP contribution in [-0.2, 0) is 5.54 Å². The molecule has 11 heteroatoms. The van der Waals surface area contributed by atoms with Crippen LogP contribution < -0.4 is 10.2 Å². The molecule has 2 fully saturated rings. The molecule has 0 bridgehead atoms. The van der Waals surface area contributed by atoms with Crippen molar-refractivity contribution in [2.75, 3.05) is 43.4 Å². The molecule has 5 heterocycles. The Morgan fingerprint density at radius 1 is 1.02 bits per heavy atom. The number of nitrogens with zero attached hydrogens (tertiary/aromatic N) is 9. The predicted molar refractivity (Wildman–Crippen MR) is 154 cm³/mol. The molecule has 1 aliphatic heterocycles. The zero-order valence-electron chi connectivity index (χ0n) is 23.8. The second-order valence-electron chi connectivity index (χ2n) is 11.9. The molecule has 0 unspecified atom stereocenters. The number of carbonyl (C=O) groups excluding carboxylic acids is 1. The number of pyridine rings is 2. The molecule has 1 N–H and O–H groups in total. The number of amides is 1. The Balaban J connectivity index is 1.21. The van der Waals surface area contributed by atoms with E-state index in [0.29, 0.717) is 17.3 Å². The van der Waals surface area contributed by atoms with Crippen molar-refractivity contribution >= 4 is 17.3 Å². The molecule has 4 aromatic rings. The fourth-order valence-corrected chi connectivity index (χ4v) is 5.05. The van der Waals surface area contributed by atoms with E-state index in [1.54, 1.807) is 10.9 Å². The smallest absolute Gasteiger partial charge is 0.276 e. The first-order chi connectivity index (χ1) is 19.2. The molecule has 0 radical (unpaired) electrons. The third-order valence-corrected chi connectivity index (χ3v) is 7.55. The van der Waals surface area contributed by atoms with Crippen LogP contribution in [0.3, 0.4) is 0 Å². The molecule has 0 atom stereocenters. The van der Waals surface area contributed by atoms with Gasteiger partial charge in [0.2, 0.25) is 0 Å². The quantitative estimate of drug-likeness (QED) is 0.393. The predicted octanol–water partition coefficient (Wildman–Crippen LogP) is 3.87. The van der Waals surface area contributed by atoms with Gasteiger partial charge in [-0.2, -0.15) is 5.10 Å². The normalized spacial score (nSPS) is 16.4. The Hall–Kier alpha value is -4.12. The van der Waals surface area contributed by atoms with Gasteiger partial charge in [0.15, 0.2) is 5.69 Å². The number of hydrogen-bond acceptors (Lipinski definition) is 8. The van der Waals surface area contributed by atoms with Crippen molar-refractivity contribution in [1.29, 1.82) is 0 Å². The zero-order chi connectivity index (χ0) is 28.0. The van der Waals surface area contributed by atoms with E-state index >= 15 is 0 Å². The molecule has 1 saturated carbocycles. The van der Waals surface area contributed by atoms with E-state index in [0.717, 1.165) is 73.0 Å². The summed E-state index contributed by atoms with van der Waals surface area (Å²) in [6.07, 6.45) is 9.52. The Labute approximate surface area is 234 Å². The maximum atomic E-state index is 13.2. The van der Waals surface area contributed by atoms with E-state index in [2.05, 4.69) is 74.4 Å². The number of carbonyl (C=O) groups is 1. The standard InChI is InChI=1S/C29H36N10O/c1-19-26(38-18-25(33-35-38)21-12-23(17-30-15-21)37-10-8-36(5)9-11-37)13-22(16-31-19)32-28(40)24-14-27(20-6-7-20)39(34-24)29(2,3)4/h12-18,20H,6-11H2,1-5H3,(H,32,40). The highest BCUT2D eigenvalue weighted by molar-refractivity contribution is 6.03. The van der Waals surface area contributed by atoms with E-state index in [4.69, 9.17) is 0 Å². The van der Waals surface area contributed by atoms with E-state index < -0.39 is 0 Å². The lowest BCUT2D eigenvalue weighted by Gasteiger charge is -2.33. The molecular weight excluding hydrogens is 504 g/mol. The highest BCUT2D eigenvalue weighted by Gasteiger charge is 2.32. The van der Waals surface area contributed by atoms with Crippen molar-refractivity contribution < 1.29 is 4.79 Å². The lowest BCUT2D eigenvalue weighted by molar-refractivity contribution is 0.102. The van der Waals surface area contributed by atoms with Crippen LogP contribution in [0.5, 0.6) is 0 Å². The molecule has 4 aromatic heterocycles. The van der Waals surface area contributed by atoms with Gasteiger partial charge in [0, 0.05) is 49.6 Å². The van der Waals surface area contributed by atoms with Crippen LogP contribution in [0.25, 0.3) is 16.9 Å². The molecule has 0 aromatic carbocycles. The summed E-state index contributed by atoms with van der Waals surface area (Å²) < 4.78 is 3.68. The highest BCUT2D eigenvalue weighted by Crippen LogP contribution is 2.41. The van der Waals surface area contributed by atoms with Crippen LogP contribution in [0.15, 0.2) is 43.0 Å². The van der Waals surface area contributed by atoms with Crippen LogP contribution in [0.2, 0.25) is 0 Å². The van der Waals surface area contributed by atoms with Crippen LogP contribution in [0, 0.1) is 6.92 Å². The molecular formula is C29H36N10O. The lowest BCUT2D eigenvalue weighted by atomic mass is 10.1. The summed E-state index contributed by atoms with van der Waals surface area (Å²) in [7, 11) is 2.15. The Morgan fingerprint density at radius 2 is 1.80 bits per heavy atom.